The summed E-state index contributed by atoms with van der Waals surface area (Å²) in [6.07, 6.45) is 6.05. The highest BCUT2D eigenvalue weighted by atomic mass is 32.1. The lowest BCUT2D eigenvalue weighted by atomic mass is 9.77. The van der Waals surface area contributed by atoms with Crippen molar-refractivity contribution in [2.45, 2.75) is 44.2 Å². The molecule has 0 bridgehead atoms. The van der Waals surface area contributed by atoms with Crippen LogP contribution in [0.2, 0.25) is 0 Å². The Kier molecular flexibility index (Phi) is 4.10. The molecule has 2 aromatic heterocycles. The SMILES string of the molecule is COC1(CC(=O)N2CCc3ncnc(-c4ccsc4)c3C2)CCC1. The highest BCUT2D eigenvalue weighted by Crippen LogP contribution is 2.39. The predicted molar refractivity (Wildman–Crippen MR) is 92.7 cm³/mol. The van der Waals surface area contributed by atoms with Crippen LogP contribution in [0.1, 0.15) is 36.9 Å². The van der Waals surface area contributed by atoms with Crippen molar-refractivity contribution in [1.82, 2.24) is 14.9 Å². The summed E-state index contributed by atoms with van der Waals surface area (Å²) >= 11 is 1.66. The number of ether oxygens (including phenoxy) is 1. The summed E-state index contributed by atoms with van der Waals surface area (Å²) in [5, 5.41) is 4.15. The fourth-order valence-corrected chi connectivity index (χ4v) is 4.25. The summed E-state index contributed by atoms with van der Waals surface area (Å²) in [5.74, 6) is 0.183. The third kappa shape index (κ3) is 2.74. The minimum absolute atomic E-state index is 0.183. The minimum atomic E-state index is -0.221. The van der Waals surface area contributed by atoms with E-state index in [1.807, 2.05) is 4.90 Å². The number of nitrogens with zero attached hydrogens (tertiary/aromatic N) is 3. The lowest BCUT2D eigenvalue weighted by molar-refractivity contribution is -0.145. The van der Waals surface area contributed by atoms with Gasteiger partial charge in [0, 0.05) is 43.1 Å². The van der Waals surface area contributed by atoms with E-state index in [0.29, 0.717) is 13.0 Å². The predicted octanol–water partition coefficient (Wildman–Crippen LogP) is 3.05. The van der Waals surface area contributed by atoms with Crippen molar-refractivity contribution in [2.75, 3.05) is 13.7 Å². The Labute approximate surface area is 145 Å². The van der Waals surface area contributed by atoms with Crippen molar-refractivity contribution in [2.24, 2.45) is 0 Å². The molecule has 2 aliphatic rings. The zero-order chi connectivity index (χ0) is 16.6. The summed E-state index contributed by atoms with van der Waals surface area (Å²) in [7, 11) is 1.72. The monoisotopic (exact) mass is 343 g/mol. The molecule has 1 fully saturated rings. The van der Waals surface area contributed by atoms with E-state index in [0.717, 1.165) is 54.7 Å². The number of thiophene rings is 1. The molecule has 5 nitrogen and oxygen atoms in total. The highest BCUT2D eigenvalue weighted by molar-refractivity contribution is 7.08. The van der Waals surface area contributed by atoms with E-state index in [-0.39, 0.29) is 11.5 Å². The van der Waals surface area contributed by atoms with E-state index in [9.17, 15) is 4.79 Å². The molecule has 4 rings (SSSR count). The minimum Gasteiger partial charge on any atom is -0.378 e. The summed E-state index contributed by atoms with van der Waals surface area (Å²) in [4.78, 5) is 23.6. The quantitative estimate of drug-likeness (QED) is 0.856. The van der Waals surface area contributed by atoms with Crippen LogP contribution in [0, 0.1) is 0 Å². The Morgan fingerprint density at radius 3 is 2.96 bits per heavy atom. The lowest BCUT2D eigenvalue weighted by Gasteiger charge is -2.41. The third-order valence-corrected chi connectivity index (χ3v) is 6.00. The van der Waals surface area contributed by atoms with Gasteiger partial charge in [0.25, 0.3) is 0 Å². The second-order valence-electron chi connectivity index (χ2n) is 6.64. The number of carbonyl (C=O) groups is 1. The van der Waals surface area contributed by atoms with Gasteiger partial charge in [-0.3, -0.25) is 4.79 Å². The Balaban J connectivity index is 1.56. The van der Waals surface area contributed by atoms with Gasteiger partial charge in [-0.1, -0.05) is 0 Å². The fraction of sp³-hybridized carbons (Fsp3) is 0.500. The Hall–Kier alpha value is -1.79. The van der Waals surface area contributed by atoms with E-state index in [1.165, 1.54) is 0 Å². The molecule has 2 aromatic rings. The molecule has 0 unspecified atom stereocenters. The first-order chi connectivity index (χ1) is 11.7. The second-order valence-corrected chi connectivity index (χ2v) is 7.42. The van der Waals surface area contributed by atoms with Crippen LogP contribution in [0.25, 0.3) is 11.3 Å². The van der Waals surface area contributed by atoms with Crippen molar-refractivity contribution in [3.05, 3.63) is 34.4 Å². The molecule has 6 heteroatoms. The van der Waals surface area contributed by atoms with E-state index in [4.69, 9.17) is 4.74 Å². The molecule has 0 saturated heterocycles. The summed E-state index contributed by atoms with van der Waals surface area (Å²) in [5.41, 5.74) is 4.01. The topological polar surface area (TPSA) is 55.3 Å². The van der Waals surface area contributed by atoms with Crippen molar-refractivity contribution in [3.63, 3.8) is 0 Å². The number of hydrogen-bond acceptors (Lipinski definition) is 5. The van der Waals surface area contributed by atoms with Gasteiger partial charge in [0.2, 0.25) is 5.91 Å². The summed E-state index contributed by atoms with van der Waals surface area (Å²) in [6, 6.07) is 2.07. The first-order valence-corrected chi connectivity index (χ1v) is 9.33. The number of rotatable bonds is 4. The average molecular weight is 343 g/mol. The number of hydrogen-bond donors (Lipinski definition) is 0. The molecular weight excluding hydrogens is 322 g/mol. The van der Waals surface area contributed by atoms with E-state index >= 15 is 0 Å². The normalized spacial score (nSPS) is 18.8. The number of methoxy groups -OCH3 is 1. The molecule has 1 saturated carbocycles. The van der Waals surface area contributed by atoms with Crippen LogP contribution >= 0.6 is 11.3 Å². The van der Waals surface area contributed by atoms with E-state index in [2.05, 4.69) is 26.8 Å². The van der Waals surface area contributed by atoms with Crippen LogP contribution in [-0.2, 0) is 22.5 Å². The molecule has 3 heterocycles. The molecule has 0 radical (unpaired) electrons. The third-order valence-electron chi connectivity index (χ3n) is 5.32. The summed E-state index contributed by atoms with van der Waals surface area (Å²) < 4.78 is 5.62. The summed E-state index contributed by atoms with van der Waals surface area (Å²) in [6.45, 7) is 1.33. The molecule has 126 valence electrons. The average Bonchev–Trinajstić information content (AvgIpc) is 3.11. The maximum Gasteiger partial charge on any atom is 0.225 e. The standard InChI is InChI=1S/C18H21N3O2S/c1-23-18(5-2-6-18)9-16(22)21-7-3-15-14(10-21)17(20-12-19-15)13-4-8-24-11-13/h4,8,11-12H,2-3,5-7,9-10H2,1H3. The van der Waals surface area contributed by atoms with Crippen molar-refractivity contribution in [1.29, 1.82) is 0 Å². The molecule has 0 atom stereocenters. The first-order valence-electron chi connectivity index (χ1n) is 8.39. The van der Waals surface area contributed by atoms with E-state index in [1.54, 1.807) is 24.8 Å². The number of amides is 1. The zero-order valence-electron chi connectivity index (χ0n) is 13.8. The Morgan fingerprint density at radius 1 is 1.42 bits per heavy atom. The molecule has 1 aliphatic heterocycles. The molecule has 24 heavy (non-hydrogen) atoms. The van der Waals surface area contributed by atoms with Gasteiger partial charge < -0.3 is 9.64 Å². The van der Waals surface area contributed by atoms with Crippen LogP contribution in [-0.4, -0.2) is 40.0 Å². The van der Waals surface area contributed by atoms with Crippen LogP contribution in [0.4, 0.5) is 0 Å². The fourth-order valence-electron chi connectivity index (χ4n) is 3.61. The molecule has 0 aromatic carbocycles. The molecule has 1 amide bonds. The van der Waals surface area contributed by atoms with Crippen molar-refractivity contribution >= 4 is 17.2 Å². The largest absolute Gasteiger partial charge is 0.378 e. The Bertz CT molecular complexity index is 735. The van der Waals surface area contributed by atoms with Crippen LogP contribution in [0.15, 0.2) is 23.2 Å². The van der Waals surface area contributed by atoms with Gasteiger partial charge in [-0.25, -0.2) is 9.97 Å². The van der Waals surface area contributed by atoms with Gasteiger partial charge in [0.15, 0.2) is 0 Å². The highest BCUT2D eigenvalue weighted by Gasteiger charge is 2.40. The van der Waals surface area contributed by atoms with Gasteiger partial charge in [0.1, 0.15) is 6.33 Å². The maximum absolute atomic E-state index is 12.8. The smallest absolute Gasteiger partial charge is 0.225 e. The van der Waals surface area contributed by atoms with Crippen LogP contribution in [0.3, 0.4) is 0 Å². The number of aromatic nitrogens is 2. The maximum atomic E-state index is 12.8. The lowest BCUT2D eigenvalue weighted by Crippen LogP contribution is -2.46. The molecule has 0 N–H and O–H groups in total. The van der Waals surface area contributed by atoms with Gasteiger partial charge in [-0.05, 0) is 30.7 Å². The number of fused-ring (bicyclic) bond motifs is 1. The van der Waals surface area contributed by atoms with Gasteiger partial charge in [-0.15, -0.1) is 0 Å². The molecule has 0 spiro atoms. The molecule has 1 aliphatic carbocycles. The second kappa shape index (κ2) is 6.26. The Morgan fingerprint density at radius 2 is 2.29 bits per heavy atom. The van der Waals surface area contributed by atoms with Crippen LogP contribution < -0.4 is 0 Å². The van der Waals surface area contributed by atoms with Crippen molar-refractivity contribution in [3.8, 4) is 11.3 Å². The van der Waals surface area contributed by atoms with Gasteiger partial charge in [-0.2, -0.15) is 11.3 Å². The van der Waals surface area contributed by atoms with Gasteiger partial charge in [0.05, 0.1) is 23.4 Å². The zero-order valence-corrected chi connectivity index (χ0v) is 14.6. The van der Waals surface area contributed by atoms with Crippen LogP contribution in [0.5, 0.6) is 0 Å². The van der Waals surface area contributed by atoms with E-state index < -0.39 is 0 Å². The van der Waals surface area contributed by atoms with Crippen molar-refractivity contribution < 1.29 is 9.53 Å². The number of carbonyl (C=O) groups excluding carboxylic acids is 1. The molecular formula is C18H21N3O2S. The van der Waals surface area contributed by atoms with Gasteiger partial charge >= 0.3 is 0 Å². The first kappa shape index (κ1) is 15.7.